The van der Waals surface area contributed by atoms with Crippen LogP contribution in [-0.4, -0.2) is 121 Å². The molecule has 0 radical (unpaired) electrons. The molecule has 1 aliphatic heterocycles. The van der Waals surface area contributed by atoms with Crippen LogP contribution in [0.5, 0.6) is 63.2 Å². The number of carbonyl (C=O) groups excluding carboxylic acids is 3. The SMILES string of the molecule is COc1cccc(-c2cc(C(=O)Cc3cc4ccc(C)c(OC)c4oc3=O)ccc2OC)c1.COc1cccc(-c2cc(C(=O)Cc3cc4ccc(O)c(OC)c4oc3=O)ccc2OC)c1.COc1cccc(-c2cc(C(=O)Cc3cc4ccc(O[C@@H]5OC(C)(C)[C@H](C)C(O)[C@@H]5O)c(OC)c4oc3=O)ccc2OC)c1. The maximum atomic E-state index is 13.4. The molecule has 3 aromatic heterocycles. The van der Waals surface area contributed by atoms with Gasteiger partial charge < -0.3 is 80.7 Å². The lowest BCUT2D eigenvalue weighted by molar-refractivity contribution is -0.285. The fraction of sp³-hybridized carbons (Fsp3) is 0.241. The maximum Gasteiger partial charge on any atom is 0.340 e. The Morgan fingerprint density at radius 3 is 1.13 bits per heavy atom. The van der Waals surface area contributed by atoms with Gasteiger partial charge in [0.25, 0.3) is 0 Å². The van der Waals surface area contributed by atoms with E-state index < -0.39 is 41.0 Å². The van der Waals surface area contributed by atoms with Gasteiger partial charge in [0.05, 0.1) is 75.7 Å². The predicted octanol–water partition coefficient (Wildman–Crippen LogP) is 14.6. The van der Waals surface area contributed by atoms with E-state index in [0.717, 1.165) is 33.4 Å². The number of aromatic hydroxyl groups is 1. The molecule has 1 aliphatic rings. The number of aliphatic hydroxyl groups excluding tert-OH is 2. The van der Waals surface area contributed by atoms with Gasteiger partial charge in [-0.25, -0.2) is 14.4 Å². The summed E-state index contributed by atoms with van der Waals surface area (Å²) in [7, 11) is 13.8. The van der Waals surface area contributed by atoms with Crippen LogP contribution in [0.1, 0.15) is 74.1 Å². The van der Waals surface area contributed by atoms with Crippen LogP contribution in [0.25, 0.3) is 66.3 Å². The molecule has 4 heterocycles. The minimum atomic E-state index is -1.32. The molecule has 0 aliphatic carbocycles. The Hall–Kier alpha value is -12.7. The number of hydrogen-bond acceptors (Lipinski definition) is 23. The summed E-state index contributed by atoms with van der Waals surface area (Å²) in [5.74, 6) is 3.50. The quantitative estimate of drug-likeness (QED) is 0.0396. The van der Waals surface area contributed by atoms with Crippen molar-refractivity contribution >= 4 is 50.3 Å². The third-order valence-electron chi connectivity index (χ3n) is 19.2. The van der Waals surface area contributed by atoms with Crippen molar-refractivity contribution in [1.82, 2.24) is 0 Å². The van der Waals surface area contributed by atoms with E-state index in [1.165, 1.54) is 27.4 Å². The highest BCUT2D eigenvalue weighted by atomic mass is 16.7. The Labute approximate surface area is 632 Å². The molecule has 568 valence electrons. The Balaban J connectivity index is 0.000000166. The summed E-state index contributed by atoms with van der Waals surface area (Å²) in [6.45, 7) is 7.26. The fourth-order valence-corrected chi connectivity index (χ4v) is 12.9. The van der Waals surface area contributed by atoms with Crippen molar-refractivity contribution in [2.75, 3.05) is 64.0 Å². The zero-order chi connectivity index (χ0) is 78.8. The molecule has 0 amide bonds. The minimum absolute atomic E-state index is 0.0700. The number of ether oxygens (including phenoxy) is 11. The molecule has 9 aromatic carbocycles. The number of hydrogen-bond donors (Lipinski definition) is 3. The summed E-state index contributed by atoms with van der Waals surface area (Å²) in [5.41, 5.74) is 5.42. The van der Waals surface area contributed by atoms with Crippen LogP contribution in [0.4, 0.5) is 0 Å². The van der Waals surface area contributed by atoms with E-state index in [0.29, 0.717) is 84.2 Å². The van der Waals surface area contributed by atoms with Crippen LogP contribution >= 0.6 is 0 Å². The molecule has 1 saturated heterocycles. The second kappa shape index (κ2) is 34.0. The molecule has 12 aromatic rings. The van der Waals surface area contributed by atoms with Crippen molar-refractivity contribution in [2.45, 2.75) is 71.1 Å². The average Bonchev–Trinajstić information content (AvgIpc) is 0.782. The topological polar surface area (TPSA) is 304 Å². The van der Waals surface area contributed by atoms with E-state index in [4.69, 9.17) is 65.4 Å². The number of aryl methyl sites for hydroxylation is 1. The highest BCUT2D eigenvalue weighted by molar-refractivity contribution is 6.02. The summed E-state index contributed by atoms with van der Waals surface area (Å²) >= 11 is 0. The van der Waals surface area contributed by atoms with E-state index in [1.54, 1.807) is 154 Å². The second-order valence-electron chi connectivity index (χ2n) is 26.3. The molecular formula is C87H82O23. The first-order chi connectivity index (χ1) is 52.9. The zero-order valence-corrected chi connectivity index (χ0v) is 62.8. The number of methoxy groups -OCH3 is 9. The molecule has 23 heteroatoms. The lowest BCUT2D eigenvalue weighted by Crippen LogP contribution is -2.59. The Bertz CT molecular complexity index is 5410. The third-order valence-corrected chi connectivity index (χ3v) is 19.2. The number of aliphatic hydroxyl groups is 2. The van der Waals surface area contributed by atoms with Gasteiger partial charge in [-0.3, -0.25) is 14.4 Å². The summed E-state index contributed by atoms with van der Waals surface area (Å²) in [5, 5.41) is 32.8. The van der Waals surface area contributed by atoms with E-state index >= 15 is 0 Å². The number of fused-ring (bicyclic) bond motifs is 3. The molecule has 0 bridgehead atoms. The van der Waals surface area contributed by atoms with Crippen molar-refractivity contribution in [3.8, 4) is 96.6 Å². The standard InChI is InChI=1S/C34H36O10.C27H24O6.C26H22O7/c1-18-28(36)29(37)33(44-34(18,2)3)42-27-13-11-21-14-22(32(38)43-30(21)31(27)41-6)17-25(35)20-10-12-26(40-5)24(16-20)19-8-7-9-23(15-19)39-4;1-16-8-9-19-12-20(27(29)33-26(19)25(16)32-4)15-23(28)18-10-11-24(31-3)22(14-18)17-6-5-7-21(13-17)30-2;1-30-19-6-4-5-15(12-19)20-13-16(8-10-23(20)31-2)22(28)14-18-11-17-7-9-21(27)25(32-3)24(17)33-26(18)29/h7-16,18,28-29,33,36-37H,17H2,1-6H3;5-14H,15H2,1-4H3;4-13,27H,14H2,1-3H3/t18-,28?,29+,33-;;/m1../s1. The van der Waals surface area contributed by atoms with Gasteiger partial charge in [0.15, 0.2) is 51.3 Å². The van der Waals surface area contributed by atoms with E-state index in [-0.39, 0.29) is 93.4 Å². The highest BCUT2D eigenvalue weighted by Crippen LogP contribution is 2.42. The number of benzene rings is 9. The molecule has 13 rings (SSSR count). The monoisotopic (exact) mass is 1490 g/mol. The first-order valence-corrected chi connectivity index (χ1v) is 34.7. The fourth-order valence-electron chi connectivity index (χ4n) is 12.9. The van der Waals surface area contributed by atoms with E-state index in [9.17, 15) is 44.1 Å². The summed E-state index contributed by atoms with van der Waals surface area (Å²) in [6, 6.07) is 52.6. The predicted molar refractivity (Wildman–Crippen MR) is 413 cm³/mol. The summed E-state index contributed by atoms with van der Waals surface area (Å²) in [6.07, 6.45) is -4.02. The van der Waals surface area contributed by atoms with Crippen molar-refractivity contribution in [3.63, 3.8) is 0 Å². The number of rotatable bonds is 23. The largest absolute Gasteiger partial charge is 0.504 e. The number of phenolic OH excluding ortho intramolecular Hbond substituents is 1. The lowest BCUT2D eigenvalue weighted by atomic mass is 9.82. The van der Waals surface area contributed by atoms with Gasteiger partial charge >= 0.3 is 16.9 Å². The molecule has 3 N–H and O–H groups in total. The molecule has 110 heavy (non-hydrogen) atoms. The number of Topliss-reactive ketones (excluding diaryl/α,β-unsaturated/α-hetero) is 3. The van der Waals surface area contributed by atoms with Crippen LogP contribution in [-0.2, 0) is 24.0 Å². The first kappa shape index (κ1) is 78.4. The highest BCUT2D eigenvalue weighted by Gasteiger charge is 2.48. The second-order valence-corrected chi connectivity index (χ2v) is 26.3. The molecule has 0 saturated carbocycles. The van der Waals surface area contributed by atoms with Crippen molar-refractivity contribution in [1.29, 1.82) is 0 Å². The van der Waals surface area contributed by atoms with Gasteiger partial charge in [-0.05, 0) is 176 Å². The molecular weight excluding hydrogens is 1410 g/mol. The maximum absolute atomic E-state index is 13.4. The van der Waals surface area contributed by atoms with E-state index in [1.807, 2.05) is 91.9 Å². The molecule has 1 fully saturated rings. The van der Waals surface area contributed by atoms with Crippen LogP contribution in [0.15, 0.2) is 210 Å². The summed E-state index contributed by atoms with van der Waals surface area (Å²) < 4.78 is 76.9. The molecule has 0 spiro atoms. The van der Waals surface area contributed by atoms with Crippen LogP contribution in [0.2, 0.25) is 0 Å². The first-order valence-electron chi connectivity index (χ1n) is 34.7. The molecule has 23 nitrogen and oxygen atoms in total. The smallest absolute Gasteiger partial charge is 0.340 e. The summed E-state index contributed by atoms with van der Waals surface area (Å²) in [4.78, 5) is 77.9. The van der Waals surface area contributed by atoms with Crippen LogP contribution in [0.3, 0.4) is 0 Å². The van der Waals surface area contributed by atoms with Crippen molar-refractivity contribution < 1.29 is 95.1 Å². The molecule has 4 atom stereocenters. The molecule has 1 unspecified atom stereocenters. The Kier molecular flexibility index (Phi) is 24.3. The van der Waals surface area contributed by atoms with Gasteiger partial charge in [0, 0.05) is 91.4 Å². The number of carbonyl (C=O) groups is 3. The van der Waals surface area contributed by atoms with Gasteiger partial charge in [-0.1, -0.05) is 55.5 Å². The van der Waals surface area contributed by atoms with E-state index in [2.05, 4.69) is 0 Å². The van der Waals surface area contributed by atoms with Gasteiger partial charge in [-0.2, -0.15) is 0 Å². The van der Waals surface area contributed by atoms with Crippen molar-refractivity contribution in [3.05, 3.63) is 252 Å². The van der Waals surface area contributed by atoms with Crippen molar-refractivity contribution in [2.24, 2.45) is 5.92 Å². The van der Waals surface area contributed by atoms with Gasteiger partial charge in [0.2, 0.25) is 17.8 Å². The Morgan fingerprint density at radius 2 is 0.755 bits per heavy atom. The van der Waals surface area contributed by atoms with Crippen LogP contribution in [0, 0.1) is 12.8 Å². The Morgan fingerprint density at radius 1 is 0.400 bits per heavy atom. The third kappa shape index (κ3) is 16.8. The number of ketones is 3. The zero-order valence-electron chi connectivity index (χ0n) is 62.8. The average molecular weight is 1500 g/mol. The number of phenols is 1. The van der Waals surface area contributed by atoms with Gasteiger partial charge in [0.1, 0.15) is 40.6 Å². The van der Waals surface area contributed by atoms with Gasteiger partial charge in [-0.15, -0.1) is 0 Å². The lowest BCUT2D eigenvalue weighted by Gasteiger charge is -2.46. The minimum Gasteiger partial charge on any atom is -0.504 e. The normalized spacial score (nSPS) is 14.9. The van der Waals surface area contributed by atoms with Crippen LogP contribution < -0.4 is 64.2 Å².